The first-order valence-electron chi connectivity index (χ1n) is 8.77. The largest absolute Gasteiger partial charge is 0.388 e. The molecule has 0 radical (unpaired) electrons. The molecule has 2 aliphatic rings. The van der Waals surface area contributed by atoms with E-state index in [9.17, 15) is 15.0 Å². The molecule has 1 amide bonds. The van der Waals surface area contributed by atoms with Gasteiger partial charge < -0.3 is 25.2 Å². The molecule has 1 fully saturated rings. The topological polar surface area (TPSA) is 94.4 Å². The molecule has 1 unspecified atom stereocenters. The van der Waals surface area contributed by atoms with Gasteiger partial charge in [0.1, 0.15) is 23.9 Å². The second-order valence-corrected chi connectivity index (χ2v) is 11.8. The van der Waals surface area contributed by atoms with Crippen molar-refractivity contribution in [2.75, 3.05) is 19.5 Å². The predicted octanol–water partition coefficient (Wildman–Crippen LogP) is 1.15. The van der Waals surface area contributed by atoms with E-state index in [1.54, 1.807) is 11.1 Å². The van der Waals surface area contributed by atoms with Crippen LogP contribution in [0.15, 0.2) is 29.2 Å². The van der Waals surface area contributed by atoms with Crippen LogP contribution in [0.2, 0.25) is 0 Å². The Morgan fingerprint density at radius 1 is 1.42 bits per heavy atom. The number of aliphatic hydroxyl groups is 2. The lowest BCUT2D eigenvalue weighted by atomic mass is 10.1. The molecule has 2 rings (SSSR count). The van der Waals surface area contributed by atoms with Gasteiger partial charge in [0.15, 0.2) is 6.23 Å². The number of ether oxygens (including phenoxy) is 1. The van der Waals surface area contributed by atoms with Crippen LogP contribution in [0.5, 0.6) is 0 Å². The van der Waals surface area contributed by atoms with Gasteiger partial charge in [-0.25, -0.2) is 4.99 Å². The summed E-state index contributed by atoms with van der Waals surface area (Å²) in [6.45, 7) is 10.3. The Bertz CT molecular complexity index is 682. The fourth-order valence-electron chi connectivity index (χ4n) is 2.99. The van der Waals surface area contributed by atoms with Crippen LogP contribution in [-0.2, 0) is 9.53 Å². The van der Waals surface area contributed by atoms with Gasteiger partial charge in [0.25, 0.3) is 0 Å². The summed E-state index contributed by atoms with van der Waals surface area (Å²) in [5.41, 5.74) is 0.797. The Morgan fingerprint density at radius 2 is 2.08 bits per heavy atom. The smallest absolute Gasteiger partial charge is 0.222 e. The zero-order chi connectivity index (χ0) is 19.6. The van der Waals surface area contributed by atoms with Crippen molar-refractivity contribution in [3.63, 3.8) is 0 Å². The van der Waals surface area contributed by atoms with Crippen molar-refractivity contribution in [1.29, 1.82) is 0 Å². The number of hydrogen-bond acceptors (Lipinski definition) is 6. The third-order valence-electron chi connectivity index (χ3n) is 4.44. The van der Waals surface area contributed by atoms with Crippen molar-refractivity contribution in [3.05, 3.63) is 24.2 Å². The molecule has 2 heterocycles. The summed E-state index contributed by atoms with van der Waals surface area (Å²) in [4.78, 5) is 17.3. The lowest BCUT2D eigenvalue weighted by Gasteiger charge is -2.33. The third-order valence-corrected chi connectivity index (χ3v) is 5.91. The van der Waals surface area contributed by atoms with Crippen LogP contribution in [0, 0.1) is 0 Å². The van der Waals surface area contributed by atoms with E-state index in [0.29, 0.717) is 24.5 Å². The van der Waals surface area contributed by atoms with Gasteiger partial charge in [-0.3, -0.25) is 4.79 Å². The first kappa shape index (κ1) is 20.9. The lowest BCUT2D eigenvalue weighted by Crippen LogP contribution is -2.43. The molecule has 7 nitrogen and oxygen atoms in total. The molecule has 146 valence electrons. The van der Waals surface area contributed by atoms with Crippen molar-refractivity contribution >= 4 is 24.9 Å². The van der Waals surface area contributed by atoms with Gasteiger partial charge in [0.2, 0.25) is 5.91 Å². The zero-order valence-corrected chi connectivity index (χ0v) is 16.9. The maximum Gasteiger partial charge on any atom is 0.222 e. The molecule has 0 aromatic carbocycles. The van der Waals surface area contributed by atoms with E-state index in [4.69, 9.17) is 4.74 Å². The molecule has 4 atom stereocenters. The van der Waals surface area contributed by atoms with Crippen LogP contribution in [0.1, 0.15) is 26.7 Å². The van der Waals surface area contributed by atoms with Gasteiger partial charge in [-0.05, 0) is 32.3 Å². The van der Waals surface area contributed by atoms with Crippen LogP contribution < -0.4 is 5.32 Å². The highest BCUT2D eigenvalue weighted by Crippen LogP contribution is 2.39. The minimum Gasteiger partial charge on any atom is -0.388 e. The molecule has 0 spiro atoms. The molecule has 1 saturated heterocycles. The highest BCUT2D eigenvalue weighted by molar-refractivity contribution is 7.72. The van der Waals surface area contributed by atoms with Crippen molar-refractivity contribution < 1.29 is 19.7 Å². The lowest BCUT2D eigenvalue weighted by molar-refractivity contribution is -0.117. The van der Waals surface area contributed by atoms with Crippen LogP contribution in [0.3, 0.4) is 0 Å². The number of nitrogens with zero attached hydrogens (tertiary/aromatic N) is 2. The van der Waals surface area contributed by atoms with Gasteiger partial charge in [-0.15, -0.1) is 13.2 Å². The summed E-state index contributed by atoms with van der Waals surface area (Å²) >= 11 is 0. The van der Waals surface area contributed by atoms with Gasteiger partial charge in [-0.2, -0.15) is 0 Å². The Kier molecular flexibility index (Phi) is 6.51. The van der Waals surface area contributed by atoms with E-state index in [0.717, 1.165) is 11.7 Å². The monoisotopic (exact) mass is 383 g/mol. The highest BCUT2D eigenvalue weighted by Gasteiger charge is 2.46. The number of nitrogens with one attached hydrogen (secondary N) is 1. The minimum atomic E-state index is -1.24. The summed E-state index contributed by atoms with van der Waals surface area (Å²) in [6.07, 6.45) is 4.82. The molecule has 0 aromatic heterocycles. The Balaban J connectivity index is 2.16. The number of amidine groups is 1. The average molecular weight is 383 g/mol. The first-order valence-corrected chi connectivity index (χ1v) is 11.8. The van der Waals surface area contributed by atoms with E-state index >= 15 is 0 Å². The van der Waals surface area contributed by atoms with E-state index < -0.39 is 31.4 Å². The number of aliphatic hydroxyl groups excluding tert-OH is 2. The molecule has 0 aliphatic carbocycles. The normalized spacial score (nSPS) is 29.5. The molecule has 0 saturated carbocycles. The Morgan fingerprint density at radius 3 is 2.62 bits per heavy atom. The standard InChI is InChI=1S/C18H30N3O4P/c1-7-13-10-21(11(2)19-17(13)20-12(3)22)18-16(24)15(23)14(25-18)8-9-26(4,5)6/h10,14-16,18,23-24H,2,4,7-9H2,1,3,5-6H3,(H,19,20,22)/t14?,15-,16-,18-/m1/s1. The average Bonchev–Trinajstić information content (AvgIpc) is 2.80. The van der Waals surface area contributed by atoms with Crippen LogP contribution in [0.25, 0.3) is 0 Å². The molecule has 2 aliphatic heterocycles. The van der Waals surface area contributed by atoms with Crippen LogP contribution in [0.4, 0.5) is 0 Å². The van der Waals surface area contributed by atoms with E-state index in [-0.39, 0.29) is 5.91 Å². The Labute approximate surface area is 155 Å². The molecule has 0 aromatic rings. The second kappa shape index (κ2) is 8.09. The van der Waals surface area contributed by atoms with Crippen LogP contribution >= 0.6 is 6.89 Å². The fourth-order valence-corrected chi connectivity index (χ4v) is 3.94. The molecule has 3 N–H and O–H groups in total. The maximum absolute atomic E-state index is 11.3. The van der Waals surface area contributed by atoms with E-state index in [1.165, 1.54) is 6.92 Å². The van der Waals surface area contributed by atoms with Crippen molar-refractivity contribution in [2.45, 2.75) is 51.2 Å². The van der Waals surface area contributed by atoms with Gasteiger partial charge in [-0.1, -0.05) is 13.5 Å². The van der Waals surface area contributed by atoms with Crippen molar-refractivity contribution in [3.8, 4) is 0 Å². The number of rotatable bonds is 5. The predicted molar refractivity (Wildman–Crippen MR) is 107 cm³/mol. The number of aliphatic imine (C=N–C) groups is 1. The van der Waals surface area contributed by atoms with Gasteiger partial charge in [0.05, 0.1) is 6.10 Å². The van der Waals surface area contributed by atoms with Crippen molar-refractivity contribution in [1.82, 2.24) is 10.2 Å². The number of carbonyl (C=O) groups is 1. The van der Waals surface area contributed by atoms with Gasteiger partial charge in [0, 0.05) is 18.7 Å². The zero-order valence-electron chi connectivity index (χ0n) is 16.0. The third kappa shape index (κ3) is 4.86. The summed E-state index contributed by atoms with van der Waals surface area (Å²) in [5, 5.41) is 23.6. The van der Waals surface area contributed by atoms with E-state index in [2.05, 4.69) is 36.5 Å². The number of hydrogen-bond donors (Lipinski definition) is 3. The first-order chi connectivity index (χ1) is 12.0. The van der Waals surface area contributed by atoms with E-state index in [1.807, 2.05) is 6.92 Å². The summed E-state index contributed by atoms with van der Waals surface area (Å²) < 4.78 is 5.95. The molecular formula is C18H30N3O4P. The summed E-state index contributed by atoms with van der Waals surface area (Å²) in [5.74, 6) is 0.582. The Hall–Kier alpha value is -1.40. The fraction of sp³-hybridized carbons (Fsp3) is 0.611. The molecule has 0 bridgehead atoms. The number of amides is 1. The second-order valence-electron chi connectivity index (χ2n) is 7.47. The summed E-state index contributed by atoms with van der Waals surface area (Å²) in [6, 6.07) is 0. The highest BCUT2D eigenvalue weighted by atomic mass is 31.2. The maximum atomic E-state index is 11.3. The molecular weight excluding hydrogens is 353 g/mol. The molecule has 8 heteroatoms. The summed E-state index contributed by atoms with van der Waals surface area (Å²) in [7, 11) is 0. The van der Waals surface area contributed by atoms with Gasteiger partial charge >= 0.3 is 0 Å². The number of carbonyl (C=O) groups excluding carboxylic acids is 1. The SMILES string of the molecule is C=C1N=C(NC(C)=O)C(CC)=CN1[C@@H]1OC(CCP(=C)(C)C)[C@@H](O)[C@H]1O. The quantitative estimate of drug-likeness (QED) is 0.619. The van der Waals surface area contributed by atoms with Crippen LogP contribution in [-0.4, -0.2) is 77.2 Å². The molecule has 26 heavy (non-hydrogen) atoms. The van der Waals surface area contributed by atoms with Crippen molar-refractivity contribution in [2.24, 2.45) is 4.99 Å². The minimum absolute atomic E-state index is 0.212.